The number of primary amides is 1. The molecule has 2 amide bonds. The van der Waals surface area contributed by atoms with Crippen LogP contribution in [0.4, 0.5) is 0 Å². The van der Waals surface area contributed by atoms with Gasteiger partial charge in [0.2, 0.25) is 5.91 Å². The summed E-state index contributed by atoms with van der Waals surface area (Å²) in [5.74, 6) is -2.76. The molecule has 5 N–H and O–H groups in total. The number of likely N-dealkylation sites (N-methyl/N-ethyl adjacent to an activating group) is 1. The molecule has 156 valence electrons. The molecule has 0 aromatic heterocycles. The van der Waals surface area contributed by atoms with Gasteiger partial charge in [-0.3, -0.25) is 9.59 Å². The van der Waals surface area contributed by atoms with Crippen molar-refractivity contribution >= 4 is 29.5 Å². The van der Waals surface area contributed by atoms with Crippen molar-refractivity contribution in [3.05, 3.63) is 10.6 Å². The van der Waals surface area contributed by atoms with Gasteiger partial charge in [-0.1, -0.05) is 6.92 Å². The number of fused-ring (bicyclic) bond motifs is 1. The zero-order valence-corrected chi connectivity index (χ0v) is 17.1. The number of hydrogen-bond acceptors (Lipinski definition) is 6. The molecule has 3 rings (SSSR count). The fraction of sp³-hybridized carbons (Fsp3) is 0.722. The molecule has 3 aliphatic rings. The molecule has 10 heteroatoms. The van der Waals surface area contributed by atoms with Gasteiger partial charge in [0.15, 0.2) is 6.04 Å². The number of aliphatic carboxylic acids is 1. The van der Waals surface area contributed by atoms with E-state index in [0.717, 1.165) is 0 Å². The van der Waals surface area contributed by atoms with E-state index in [1.54, 1.807) is 6.92 Å². The van der Waals surface area contributed by atoms with E-state index in [2.05, 4.69) is 0 Å². The van der Waals surface area contributed by atoms with Crippen LogP contribution in [0.1, 0.15) is 20.3 Å². The summed E-state index contributed by atoms with van der Waals surface area (Å²) in [4.78, 5) is 38.2. The van der Waals surface area contributed by atoms with Crippen molar-refractivity contribution < 1.29 is 34.2 Å². The number of β-lactam (4-membered cyclic amide) rings is 1. The van der Waals surface area contributed by atoms with Crippen LogP contribution < -0.4 is 5.73 Å². The van der Waals surface area contributed by atoms with E-state index in [0.29, 0.717) is 28.9 Å². The molecule has 2 saturated heterocycles. The number of likely N-dealkylation sites (tertiary alicyclic amines) is 1. The van der Waals surface area contributed by atoms with Gasteiger partial charge in [0.1, 0.15) is 12.2 Å². The number of amides is 2. The third kappa shape index (κ3) is 3.12. The second-order valence-corrected chi connectivity index (χ2v) is 9.62. The number of rotatable bonds is 7. The van der Waals surface area contributed by atoms with E-state index in [-0.39, 0.29) is 35.4 Å². The number of carboxylic acid groups (broad SMARTS) is 1. The van der Waals surface area contributed by atoms with Crippen LogP contribution in [0.3, 0.4) is 0 Å². The minimum absolute atomic E-state index is 0.0108. The number of quaternary nitrogens is 1. The summed E-state index contributed by atoms with van der Waals surface area (Å²) in [5, 5.41) is 29.0. The highest BCUT2D eigenvalue weighted by Crippen LogP contribution is 2.52. The zero-order chi connectivity index (χ0) is 21.0. The molecule has 0 aliphatic carbocycles. The first-order valence-electron chi connectivity index (χ1n) is 9.43. The SMILES string of the molecule is C[C@@H](O)[C@H]1C(=O)N2C(C(=O)O)=C(S[C@H]3C[C@@H](C(N)=O)[N+](C)(CCO)C3)[C@H](C)[C@H]12. The van der Waals surface area contributed by atoms with E-state index >= 15 is 0 Å². The minimum Gasteiger partial charge on any atom is -0.477 e. The van der Waals surface area contributed by atoms with Crippen LogP contribution in [-0.4, -0.2) is 92.7 Å². The number of hydrogen-bond donors (Lipinski definition) is 4. The van der Waals surface area contributed by atoms with Gasteiger partial charge < -0.3 is 30.4 Å². The molecule has 28 heavy (non-hydrogen) atoms. The predicted octanol–water partition coefficient (Wildman–Crippen LogP) is -1.06. The second-order valence-electron chi connectivity index (χ2n) is 8.27. The predicted molar refractivity (Wildman–Crippen MR) is 102 cm³/mol. The Labute approximate surface area is 167 Å². The smallest absolute Gasteiger partial charge is 0.353 e. The van der Waals surface area contributed by atoms with Gasteiger partial charge in [0.05, 0.1) is 43.5 Å². The molecule has 1 unspecified atom stereocenters. The topological polar surface area (TPSA) is 141 Å². The lowest BCUT2D eigenvalue weighted by Gasteiger charge is -2.46. The highest BCUT2D eigenvalue weighted by molar-refractivity contribution is 8.03. The summed E-state index contributed by atoms with van der Waals surface area (Å²) in [6, 6.07) is -0.799. The third-order valence-corrected chi connectivity index (χ3v) is 7.90. The van der Waals surface area contributed by atoms with E-state index < -0.39 is 29.9 Å². The average molecular weight is 415 g/mol. The van der Waals surface area contributed by atoms with Crippen LogP contribution in [0.25, 0.3) is 0 Å². The first-order chi connectivity index (χ1) is 13.0. The van der Waals surface area contributed by atoms with Crippen LogP contribution in [0.5, 0.6) is 0 Å². The number of carbonyl (C=O) groups excluding carboxylic acids is 2. The van der Waals surface area contributed by atoms with Crippen LogP contribution in [0.2, 0.25) is 0 Å². The number of nitrogens with two attached hydrogens (primary N) is 1. The molecule has 7 atom stereocenters. The largest absolute Gasteiger partial charge is 0.477 e. The number of aliphatic hydroxyl groups is 2. The van der Waals surface area contributed by atoms with Gasteiger partial charge in [-0.25, -0.2) is 4.79 Å². The van der Waals surface area contributed by atoms with Crippen molar-refractivity contribution in [3.8, 4) is 0 Å². The Hall–Kier alpha value is -1.62. The Kier molecular flexibility index (Phi) is 5.52. The van der Waals surface area contributed by atoms with Gasteiger partial charge in [0, 0.05) is 17.2 Å². The lowest BCUT2D eigenvalue weighted by Crippen LogP contribution is -2.63. The first kappa shape index (κ1) is 21.1. The molecular weight excluding hydrogens is 386 g/mol. The highest BCUT2D eigenvalue weighted by Gasteiger charge is 2.60. The summed E-state index contributed by atoms with van der Waals surface area (Å²) in [5.41, 5.74) is 5.56. The lowest BCUT2D eigenvalue weighted by molar-refractivity contribution is -0.912. The third-order valence-electron chi connectivity index (χ3n) is 6.40. The van der Waals surface area contributed by atoms with Gasteiger partial charge in [0.25, 0.3) is 5.91 Å². The summed E-state index contributed by atoms with van der Waals surface area (Å²) in [7, 11) is 1.87. The maximum atomic E-state index is 12.4. The molecule has 9 nitrogen and oxygen atoms in total. The first-order valence-corrected chi connectivity index (χ1v) is 10.3. The summed E-state index contributed by atoms with van der Waals surface area (Å²) < 4.78 is 0.315. The number of thioether (sulfide) groups is 1. The Morgan fingerprint density at radius 2 is 2.07 bits per heavy atom. The van der Waals surface area contributed by atoms with E-state index in [9.17, 15) is 29.7 Å². The molecule has 0 aromatic carbocycles. The number of nitrogens with zero attached hydrogens (tertiary/aromatic N) is 2. The maximum Gasteiger partial charge on any atom is 0.353 e. The Balaban J connectivity index is 1.86. The Morgan fingerprint density at radius 3 is 2.57 bits per heavy atom. The fourth-order valence-electron chi connectivity index (χ4n) is 5.01. The minimum atomic E-state index is -1.16. The molecule has 0 spiro atoms. The van der Waals surface area contributed by atoms with Crippen molar-refractivity contribution in [3.63, 3.8) is 0 Å². The van der Waals surface area contributed by atoms with Gasteiger partial charge in [-0.05, 0) is 6.92 Å². The van der Waals surface area contributed by atoms with Gasteiger partial charge in [-0.15, -0.1) is 11.8 Å². The van der Waals surface area contributed by atoms with Crippen molar-refractivity contribution in [1.82, 2.24) is 4.90 Å². The van der Waals surface area contributed by atoms with Crippen LogP contribution in [-0.2, 0) is 14.4 Å². The fourth-order valence-corrected chi connectivity index (χ4v) is 6.72. The van der Waals surface area contributed by atoms with E-state index in [1.807, 2.05) is 14.0 Å². The molecule has 2 fully saturated rings. The highest BCUT2D eigenvalue weighted by atomic mass is 32.2. The number of carbonyl (C=O) groups is 3. The van der Waals surface area contributed by atoms with Crippen molar-refractivity contribution in [1.29, 1.82) is 0 Å². The standard InChI is InChI=1S/C18H27N3O6S/c1-8-13-12(9(2)23)17(25)20(13)14(18(26)27)15(8)28-10-6-11(16(19)24)21(3,7-10)4-5-22/h8-13,22-23H,4-7H2,1-3H3,(H2-,19,24,26,27)/p+1/t8-,9-,10+,11+,12-,13-,21?/m1/s1. The average Bonchev–Trinajstić information content (AvgIpc) is 3.02. The van der Waals surface area contributed by atoms with Crippen molar-refractivity contribution in [2.24, 2.45) is 17.6 Å². The van der Waals surface area contributed by atoms with E-state index in [4.69, 9.17) is 5.73 Å². The normalized spacial score (nSPS) is 38.4. The molecule has 3 aliphatic heterocycles. The summed E-state index contributed by atoms with van der Waals surface area (Å²) in [6.45, 7) is 4.31. The molecule has 0 radical (unpaired) electrons. The molecule has 0 aromatic rings. The van der Waals surface area contributed by atoms with Crippen LogP contribution in [0.15, 0.2) is 10.6 Å². The molecule has 0 saturated carbocycles. The molecule has 0 bridgehead atoms. The van der Waals surface area contributed by atoms with Crippen molar-refractivity contribution in [2.45, 2.75) is 43.7 Å². The van der Waals surface area contributed by atoms with E-state index in [1.165, 1.54) is 16.7 Å². The summed E-state index contributed by atoms with van der Waals surface area (Å²) >= 11 is 1.39. The quantitative estimate of drug-likeness (QED) is 0.307. The Bertz CT molecular complexity index is 741. The molecule has 3 heterocycles. The van der Waals surface area contributed by atoms with Crippen LogP contribution in [0, 0.1) is 11.8 Å². The molecular formula is C18H28N3O6S+. The number of carboxylic acids is 1. The van der Waals surface area contributed by atoms with Crippen LogP contribution >= 0.6 is 11.8 Å². The zero-order valence-electron chi connectivity index (χ0n) is 16.2. The maximum absolute atomic E-state index is 12.4. The lowest BCUT2D eigenvalue weighted by atomic mass is 9.79. The van der Waals surface area contributed by atoms with Gasteiger partial charge in [-0.2, -0.15) is 0 Å². The second kappa shape index (κ2) is 7.33. The van der Waals surface area contributed by atoms with Gasteiger partial charge >= 0.3 is 5.97 Å². The monoisotopic (exact) mass is 414 g/mol. The van der Waals surface area contributed by atoms with Crippen molar-refractivity contribution in [2.75, 3.05) is 26.7 Å². The number of aliphatic hydroxyl groups excluding tert-OH is 2. The summed E-state index contributed by atoms with van der Waals surface area (Å²) in [6.07, 6.45) is -0.358. The Morgan fingerprint density at radius 1 is 1.43 bits per heavy atom.